The minimum absolute atomic E-state index is 0.109. The van der Waals surface area contributed by atoms with E-state index in [2.05, 4.69) is 5.32 Å². The van der Waals surface area contributed by atoms with Gasteiger partial charge >= 0.3 is 6.18 Å². The van der Waals surface area contributed by atoms with Crippen LogP contribution in [0.25, 0.3) is 0 Å². The SMILES string of the molecule is NC(=O)c1cccc(NC2CCN(CC(F)(F)F)CC2)c1. The molecule has 3 N–H and O–H groups in total. The van der Waals surface area contributed by atoms with Crippen LogP contribution >= 0.6 is 0 Å². The van der Waals surface area contributed by atoms with Crippen LogP contribution in [0.15, 0.2) is 24.3 Å². The van der Waals surface area contributed by atoms with Gasteiger partial charge in [0.15, 0.2) is 0 Å². The van der Waals surface area contributed by atoms with Crippen molar-refractivity contribution in [1.82, 2.24) is 4.90 Å². The quantitative estimate of drug-likeness (QED) is 0.896. The molecule has 0 unspecified atom stereocenters. The summed E-state index contributed by atoms with van der Waals surface area (Å²) in [6.07, 6.45) is -2.87. The van der Waals surface area contributed by atoms with Crippen LogP contribution in [0.1, 0.15) is 23.2 Å². The topological polar surface area (TPSA) is 58.4 Å². The van der Waals surface area contributed by atoms with Crippen molar-refractivity contribution in [3.8, 4) is 0 Å². The average molecular weight is 301 g/mol. The molecule has 0 atom stereocenters. The molecule has 0 bridgehead atoms. The van der Waals surface area contributed by atoms with E-state index in [1.54, 1.807) is 18.2 Å². The van der Waals surface area contributed by atoms with Crippen molar-refractivity contribution in [2.45, 2.75) is 25.1 Å². The Labute approximate surface area is 121 Å². The molecule has 0 spiro atoms. The fraction of sp³-hybridized carbons (Fsp3) is 0.500. The van der Waals surface area contributed by atoms with Gasteiger partial charge in [-0.3, -0.25) is 9.69 Å². The predicted octanol–water partition coefficient (Wildman–Crippen LogP) is 2.22. The lowest BCUT2D eigenvalue weighted by atomic mass is 10.0. The van der Waals surface area contributed by atoms with E-state index in [0.29, 0.717) is 31.5 Å². The number of rotatable bonds is 4. The first kappa shape index (κ1) is 15.6. The number of halogens is 3. The number of benzene rings is 1. The highest BCUT2D eigenvalue weighted by molar-refractivity contribution is 5.93. The van der Waals surface area contributed by atoms with Crippen molar-refractivity contribution >= 4 is 11.6 Å². The van der Waals surface area contributed by atoms with Gasteiger partial charge in [-0.25, -0.2) is 0 Å². The summed E-state index contributed by atoms with van der Waals surface area (Å²) in [5.74, 6) is -0.501. The molecule has 1 saturated heterocycles. The van der Waals surface area contributed by atoms with Gasteiger partial charge in [0.2, 0.25) is 5.91 Å². The monoisotopic (exact) mass is 301 g/mol. The molecule has 0 radical (unpaired) electrons. The van der Waals surface area contributed by atoms with E-state index in [1.165, 1.54) is 4.90 Å². The van der Waals surface area contributed by atoms with Crippen LogP contribution in [0.3, 0.4) is 0 Å². The molecule has 0 aromatic heterocycles. The lowest BCUT2D eigenvalue weighted by molar-refractivity contribution is -0.147. The van der Waals surface area contributed by atoms with Gasteiger partial charge in [-0.15, -0.1) is 0 Å². The van der Waals surface area contributed by atoms with Crippen LogP contribution in [-0.2, 0) is 0 Å². The van der Waals surface area contributed by atoms with E-state index in [4.69, 9.17) is 5.73 Å². The summed E-state index contributed by atoms with van der Waals surface area (Å²) in [5, 5.41) is 3.24. The fourth-order valence-corrected chi connectivity index (χ4v) is 2.49. The molecule has 4 nitrogen and oxygen atoms in total. The van der Waals surface area contributed by atoms with Gasteiger partial charge < -0.3 is 11.1 Å². The Bertz CT molecular complexity index is 496. The highest BCUT2D eigenvalue weighted by atomic mass is 19.4. The highest BCUT2D eigenvalue weighted by Crippen LogP contribution is 2.21. The second-order valence-corrected chi connectivity index (χ2v) is 5.25. The molecule has 0 aliphatic carbocycles. The number of alkyl halides is 3. The molecule has 0 saturated carbocycles. The van der Waals surface area contributed by atoms with E-state index in [9.17, 15) is 18.0 Å². The minimum atomic E-state index is -4.14. The van der Waals surface area contributed by atoms with Gasteiger partial charge in [-0.2, -0.15) is 13.2 Å². The van der Waals surface area contributed by atoms with Crippen molar-refractivity contribution < 1.29 is 18.0 Å². The van der Waals surface area contributed by atoms with Gasteiger partial charge in [-0.05, 0) is 31.0 Å². The lowest BCUT2D eigenvalue weighted by Gasteiger charge is -2.33. The molecule has 1 fully saturated rings. The lowest BCUT2D eigenvalue weighted by Crippen LogP contribution is -2.43. The van der Waals surface area contributed by atoms with Crippen LogP contribution in [0.2, 0.25) is 0 Å². The van der Waals surface area contributed by atoms with E-state index in [0.717, 1.165) is 5.69 Å². The van der Waals surface area contributed by atoms with E-state index in [1.807, 2.05) is 6.07 Å². The highest BCUT2D eigenvalue weighted by Gasteiger charge is 2.32. The Balaban J connectivity index is 1.86. The van der Waals surface area contributed by atoms with Crippen molar-refractivity contribution in [3.63, 3.8) is 0 Å². The number of nitrogens with two attached hydrogens (primary N) is 1. The van der Waals surface area contributed by atoms with E-state index >= 15 is 0 Å². The number of hydrogen-bond donors (Lipinski definition) is 2. The fourth-order valence-electron chi connectivity index (χ4n) is 2.49. The van der Waals surface area contributed by atoms with Crippen molar-refractivity contribution in [2.24, 2.45) is 5.73 Å². The zero-order valence-electron chi connectivity index (χ0n) is 11.5. The minimum Gasteiger partial charge on any atom is -0.382 e. The molecular formula is C14H18F3N3O. The Morgan fingerprint density at radius 2 is 2.00 bits per heavy atom. The standard InChI is InChI=1S/C14H18F3N3O/c15-14(16,17)9-20-6-4-11(5-7-20)19-12-3-1-2-10(8-12)13(18)21/h1-3,8,11,19H,4-7,9H2,(H2,18,21). The number of anilines is 1. The number of nitrogens with zero attached hydrogens (tertiary/aromatic N) is 1. The van der Waals surface area contributed by atoms with Crippen LogP contribution < -0.4 is 11.1 Å². The molecule has 116 valence electrons. The summed E-state index contributed by atoms with van der Waals surface area (Å²) in [4.78, 5) is 12.5. The van der Waals surface area contributed by atoms with Crippen LogP contribution in [0.5, 0.6) is 0 Å². The Hall–Kier alpha value is -1.76. The third-order valence-corrected chi connectivity index (χ3v) is 3.51. The van der Waals surface area contributed by atoms with Gasteiger partial charge in [-0.1, -0.05) is 6.07 Å². The average Bonchev–Trinajstić information content (AvgIpc) is 2.40. The summed E-state index contributed by atoms with van der Waals surface area (Å²) < 4.78 is 36.9. The zero-order valence-corrected chi connectivity index (χ0v) is 11.5. The van der Waals surface area contributed by atoms with Crippen molar-refractivity contribution in [1.29, 1.82) is 0 Å². The summed E-state index contributed by atoms with van der Waals surface area (Å²) in [6.45, 7) is -0.0315. The molecule has 1 aromatic carbocycles. The summed E-state index contributed by atoms with van der Waals surface area (Å²) in [7, 11) is 0. The first-order chi connectivity index (χ1) is 9.83. The third kappa shape index (κ3) is 4.93. The number of carbonyl (C=O) groups excluding carboxylic acids is 1. The van der Waals surface area contributed by atoms with Crippen molar-refractivity contribution in [3.05, 3.63) is 29.8 Å². The molecule has 1 aliphatic heterocycles. The van der Waals surface area contributed by atoms with Gasteiger partial charge in [0, 0.05) is 30.4 Å². The van der Waals surface area contributed by atoms with Gasteiger partial charge in [0.25, 0.3) is 0 Å². The number of nitrogens with one attached hydrogen (secondary N) is 1. The van der Waals surface area contributed by atoms with Crippen molar-refractivity contribution in [2.75, 3.05) is 25.0 Å². The largest absolute Gasteiger partial charge is 0.401 e. The Morgan fingerprint density at radius 1 is 1.33 bits per heavy atom. The normalized spacial score (nSPS) is 17.7. The van der Waals surface area contributed by atoms with Crippen LogP contribution in [0.4, 0.5) is 18.9 Å². The number of amides is 1. The molecule has 1 aliphatic rings. The zero-order chi connectivity index (χ0) is 15.5. The first-order valence-electron chi connectivity index (χ1n) is 6.79. The second kappa shape index (κ2) is 6.34. The number of piperidine rings is 1. The molecule has 21 heavy (non-hydrogen) atoms. The number of primary amides is 1. The summed E-state index contributed by atoms with van der Waals surface area (Å²) in [5.41, 5.74) is 6.39. The smallest absolute Gasteiger partial charge is 0.382 e. The van der Waals surface area contributed by atoms with Gasteiger partial charge in [0.1, 0.15) is 0 Å². The molecule has 1 amide bonds. The number of likely N-dealkylation sites (tertiary alicyclic amines) is 1. The Morgan fingerprint density at radius 3 is 2.57 bits per heavy atom. The summed E-state index contributed by atoms with van der Waals surface area (Å²) >= 11 is 0. The molecule has 2 rings (SSSR count). The van der Waals surface area contributed by atoms with E-state index in [-0.39, 0.29) is 6.04 Å². The van der Waals surface area contributed by atoms with Gasteiger partial charge in [0.05, 0.1) is 6.54 Å². The maximum atomic E-state index is 12.3. The molecule has 1 heterocycles. The maximum absolute atomic E-state index is 12.3. The molecule has 7 heteroatoms. The van der Waals surface area contributed by atoms with Crippen LogP contribution in [-0.4, -0.2) is 42.7 Å². The third-order valence-electron chi connectivity index (χ3n) is 3.51. The summed E-state index contributed by atoms with van der Waals surface area (Å²) in [6, 6.07) is 6.93. The first-order valence-corrected chi connectivity index (χ1v) is 6.79. The second-order valence-electron chi connectivity index (χ2n) is 5.25. The maximum Gasteiger partial charge on any atom is 0.401 e. The number of carbonyl (C=O) groups is 1. The predicted molar refractivity (Wildman–Crippen MR) is 74.1 cm³/mol. The number of hydrogen-bond acceptors (Lipinski definition) is 3. The Kier molecular flexibility index (Phi) is 4.72. The van der Waals surface area contributed by atoms with Crippen LogP contribution in [0, 0.1) is 0 Å². The molecular weight excluding hydrogens is 283 g/mol. The van der Waals surface area contributed by atoms with E-state index < -0.39 is 18.6 Å². The molecule has 1 aromatic rings.